The molecule has 82 valence electrons. The van der Waals surface area contributed by atoms with Crippen LogP contribution in [-0.2, 0) is 4.79 Å². The second kappa shape index (κ2) is 4.18. The van der Waals surface area contributed by atoms with Gasteiger partial charge in [0.25, 0.3) is 5.91 Å². The van der Waals surface area contributed by atoms with E-state index in [-0.39, 0.29) is 11.9 Å². The van der Waals surface area contributed by atoms with Gasteiger partial charge >= 0.3 is 0 Å². The molecule has 0 saturated carbocycles. The van der Waals surface area contributed by atoms with Gasteiger partial charge in [0.1, 0.15) is 0 Å². The van der Waals surface area contributed by atoms with Crippen LogP contribution in [0.5, 0.6) is 0 Å². The van der Waals surface area contributed by atoms with Gasteiger partial charge in [-0.05, 0) is 19.3 Å². The Labute approximate surface area is 99.5 Å². The largest absolute Gasteiger partial charge is 0.333 e. The first-order valence-corrected chi connectivity index (χ1v) is 5.89. The SMILES string of the molecule is O=C1N(C2C=CC=CC2)CCCC1(Cl)Cl. The summed E-state index contributed by atoms with van der Waals surface area (Å²) >= 11 is 11.9. The maximum absolute atomic E-state index is 12.0. The molecule has 2 rings (SSSR count). The summed E-state index contributed by atoms with van der Waals surface area (Å²) in [6.07, 6.45) is 10.3. The fourth-order valence-electron chi connectivity index (χ4n) is 2.01. The van der Waals surface area contributed by atoms with Crippen LogP contribution in [0.2, 0.25) is 0 Å². The van der Waals surface area contributed by atoms with E-state index in [2.05, 4.69) is 6.08 Å². The van der Waals surface area contributed by atoms with E-state index < -0.39 is 4.33 Å². The molecule has 1 saturated heterocycles. The minimum atomic E-state index is -1.22. The molecule has 2 nitrogen and oxygen atoms in total. The molecule has 1 aliphatic carbocycles. The minimum Gasteiger partial charge on any atom is -0.333 e. The fourth-order valence-corrected chi connectivity index (χ4v) is 2.49. The standard InChI is InChI=1S/C11H13Cl2NO/c12-11(13)7-4-8-14(10(11)15)9-5-2-1-3-6-9/h1-3,5,9H,4,6-8H2. The number of nitrogens with zero attached hydrogens (tertiary/aromatic N) is 1. The number of hydrogen-bond donors (Lipinski definition) is 0. The predicted octanol–water partition coefficient (Wildman–Crippen LogP) is 2.67. The third-order valence-corrected chi connectivity index (χ3v) is 3.52. The predicted molar refractivity (Wildman–Crippen MR) is 62.1 cm³/mol. The summed E-state index contributed by atoms with van der Waals surface area (Å²) in [5, 5.41) is 0. The van der Waals surface area contributed by atoms with Gasteiger partial charge in [0.2, 0.25) is 0 Å². The molecular formula is C11H13Cl2NO. The van der Waals surface area contributed by atoms with Crippen LogP contribution >= 0.6 is 23.2 Å². The minimum absolute atomic E-state index is 0.125. The zero-order chi connectivity index (χ0) is 10.9. The maximum Gasteiger partial charge on any atom is 0.259 e. The van der Waals surface area contributed by atoms with E-state index >= 15 is 0 Å². The number of rotatable bonds is 1. The fraction of sp³-hybridized carbons (Fsp3) is 0.545. The van der Waals surface area contributed by atoms with E-state index in [0.717, 1.165) is 19.4 Å². The van der Waals surface area contributed by atoms with Crippen LogP contribution in [0.25, 0.3) is 0 Å². The lowest BCUT2D eigenvalue weighted by Gasteiger charge is -2.38. The lowest BCUT2D eigenvalue weighted by Crippen LogP contribution is -2.51. The number of carbonyl (C=O) groups excluding carboxylic acids is 1. The third-order valence-electron chi connectivity index (χ3n) is 2.82. The van der Waals surface area contributed by atoms with Crippen molar-refractivity contribution in [2.75, 3.05) is 6.54 Å². The molecule has 2 aliphatic rings. The molecule has 1 unspecified atom stereocenters. The molecule has 1 aliphatic heterocycles. The Kier molecular flexibility index (Phi) is 3.08. The Morgan fingerprint density at radius 2 is 2.20 bits per heavy atom. The molecule has 4 heteroatoms. The molecule has 1 fully saturated rings. The number of hydrogen-bond acceptors (Lipinski definition) is 1. The molecule has 0 bridgehead atoms. The summed E-state index contributed by atoms with van der Waals surface area (Å²) in [7, 11) is 0. The molecule has 0 N–H and O–H groups in total. The van der Waals surface area contributed by atoms with Crippen LogP contribution in [0.1, 0.15) is 19.3 Å². The highest BCUT2D eigenvalue weighted by Crippen LogP contribution is 2.34. The van der Waals surface area contributed by atoms with Crippen molar-refractivity contribution in [2.24, 2.45) is 0 Å². The van der Waals surface area contributed by atoms with Gasteiger partial charge in [-0.15, -0.1) is 0 Å². The zero-order valence-electron chi connectivity index (χ0n) is 8.33. The van der Waals surface area contributed by atoms with Crippen LogP contribution in [0.4, 0.5) is 0 Å². The number of likely N-dealkylation sites (tertiary alicyclic amines) is 1. The molecule has 1 amide bonds. The second-order valence-electron chi connectivity index (χ2n) is 3.92. The van der Waals surface area contributed by atoms with Crippen molar-refractivity contribution in [3.8, 4) is 0 Å². The summed E-state index contributed by atoms with van der Waals surface area (Å²) in [6, 6.07) is 0.125. The van der Waals surface area contributed by atoms with Crippen molar-refractivity contribution in [3.63, 3.8) is 0 Å². The number of alkyl halides is 2. The highest BCUT2D eigenvalue weighted by Gasteiger charge is 2.42. The first-order valence-electron chi connectivity index (χ1n) is 5.13. The number of carbonyl (C=O) groups is 1. The van der Waals surface area contributed by atoms with Crippen molar-refractivity contribution in [3.05, 3.63) is 24.3 Å². The van der Waals surface area contributed by atoms with Gasteiger partial charge in [-0.2, -0.15) is 0 Å². The number of amides is 1. The maximum atomic E-state index is 12.0. The van der Waals surface area contributed by atoms with Gasteiger partial charge in [-0.1, -0.05) is 47.5 Å². The Balaban J connectivity index is 2.12. The van der Waals surface area contributed by atoms with Gasteiger partial charge in [0.15, 0.2) is 4.33 Å². The van der Waals surface area contributed by atoms with Crippen LogP contribution in [0.3, 0.4) is 0 Å². The molecule has 1 heterocycles. The van der Waals surface area contributed by atoms with Gasteiger partial charge in [-0.3, -0.25) is 4.79 Å². The smallest absolute Gasteiger partial charge is 0.259 e. The Hall–Kier alpha value is -0.470. The van der Waals surface area contributed by atoms with Crippen LogP contribution < -0.4 is 0 Å². The monoisotopic (exact) mass is 245 g/mol. The van der Waals surface area contributed by atoms with E-state index in [1.807, 2.05) is 18.2 Å². The summed E-state index contributed by atoms with van der Waals surface area (Å²) in [4.78, 5) is 13.7. The van der Waals surface area contributed by atoms with Crippen LogP contribution in [0, 0.1) is 0 Å². The van der Waals surface area contributed by atoms with Crippen molar-refractivity contribution < 1.29 is 4.79 Å². The summed E-state index contributed by atoms with van der Waals surface area (Å²) in [5.74, 6) is -0.151. The van der Waals surface area contributed by atoms with E-state index in [9.17, 15) is 4.79 Å². The van der Waals surface area contributed by atoms with E-state index in [1.165, 1.54) is 0 Å². The Bertz CT molecular complexity index is 323. The highest BCUT2D eigenvalue weighted by atomic mass is 35.5. The summed E-state index contributed by atoms with van der Waals surface area (Å²) < 4.78 is -1.22. The van der Waals surface area contributed by atoms with Gasteiger partial charge < -0.3 is 4.90 Å². The van der Waals surface area contributed by atoms with E-state index in [1.54, 1.807) is 4.90 Å². The van der Waals surface area contributed by atoms with Crippen LogP contribution in [-0.4, -0.2) is 27.7 Å². The third kappa shape index (κ3) is 2.21. The Morgan fingerprint density at radius 1 is 1.40 bits per heavy atom. The highest BCUT2D eigenvalue weighted by molar-refractivity contribution is 6.58. The molecule has 0 aromatic heterocycles. The lowest BCUT2D eigenvalue weighted by atomic mass is 10.0. The normalized spacial score (nSPS) is 29.6. The zero-order valence-corrected chi connectivity index (χ0v) is 9.84. The molecule has 0 spiro atoms. The van der Waals surface area contributed by atoms with Crippen molar-refractivity contribution in [1.29, 1.82) is 0 Å². The van der Waals surface area contributed by atoms with Crippen LogP contribution in [0.15, 0.2) is 24.3 Å². The topological polar surface area (TPSA) is 20.3 Å². The van der Waals surface area contributed by atoms with Crippen molar-refractivity contribution in [2.45, 2.75) is 29.6 Å². The Morgan fingerprint density at radius 3 is 2.87 bits per heavy atom. The lowest BCUT2D eigenvalue weighted by molar-refractivity contribution is -0.135. The van der Waals surface area contributed by atoms with Gasteiger partial charge in [0, 0.05) is 6.54 Å². The first kappa shape index (κ1) is 11.0. The van der Waals surface area contributed by atoms with Gasteiger partial charge in [0.05, 0.1) is 6.04 Å². The molecule has 1 atom stereocenters. The second-order valence-corrected chi connectivity index (χ2v) is 5.41. The summed E-state index contributed by atoms with van der Waals surface area (Å²) in [5.41, 5.74) is 0. The molecule has 15 heavy (non-hydrogen) atoms. The first-order chi connectivity index (χ1) is 7.11. The van der Waals surface area contributed by atoms with E-state index in [4.69, 9.17) is 23.2 Å². The van der Waals surface area contributed by atoms with Crippen molar-refractivity contribution >= 4 is 29.1 Å². The number of halogens is 2. The molecule has 0 aromatic carbocycles. The van der Waals surface area contributed by atoms with Gasteiger partial charge in [-0.25, -0.2) is 0 Å². The average molecular weight is 246 g/mol. The van der Waals surface area contributed by atoms with Crippen molar-refractivity contribution in [1.82, 2.24) is 4.90 Å². The number of piperidine rings is 1. The molecular weight excluding hydrogens is 233 g/mol. The average Bonchev–Trinajstić information content (AvgIpc) is 2.23. The molecule has 0 radical (unpaired) electrons. The molecule has 0 aromatic rings. The quantitative estimate of drug-likeness (QED) is 0.651. The summed E-state index contributed by atoms with van der Waals surface area (Å²) in [6.45, 7) is 0.753. The number of allylic oxidation sites excluding steroid dienone is 2. The van der Waals surface area contributed by atoms with E-state index in [0.29, 0.717) is 6.42 Å².